The standard InChI is InChI=1S/C22H26N4O2/c1-17-25-19-10-5-6-11-20(19)26(17)15-7-13-23-21(27)12-14-24-22(28)16-18-8-3-2-4-9-18/h2-6,8-11H,7,12-16H2,1H3,(H,23,27)(H,24,28). The van der Waals surface area contributed by atoms with Gasteiger partial charge in [-0.15, -0.1) is 0 Å². The van der Waals surface area contributed by atoms with Gasteiger partial charge in [-0.2, -0.15) is 0 Å². The molecule has 1 heterocycles. The number of hydrogen-bond donors (Lipinski definition) is 2. The van der Waals surface area contributed by atoms with Crippen LogP contribution >= 0.6 is 0 Å². The van der Waals surface area contributed by atoms with Crippen molar-refractivity contribution in [1.82, 2.24) is 20.2 Å². The van der Waals surface area contributed by atoms with E-state index in [2.05, 4.69) is 26.3 Å². The van der Waals surface area contributed by atoms with Crippen molar-refractivity contribution >= 4 is 22.8 Å². The minimum atomic E-state index is -0.0681. The minimum absolute atomic E-state index is 0.0489. The van der Waals surface area contributed by atoms with E-state index in [1.165, 1.54) is 0 Å². The molecule has 0 aliphatic carbocycles. The fraction of sp³-hybridized carbons (Fsp3) is 0.318. The Morgan fingerprint density at radius 3 is 2.46 bits per heavy atom. The molecule has 6 nitrogen and oxygen atoms in total. The van der Waals surface area contributed by atoms with Crippen molar-refractivity contribution in [3.63, 3.8) is 0 Å². The Bertz CT molecular complexity index is 934. The minimum Gasteiger partial charge on any atom is -0.356 e. The maximum atomic E-state index is 11.9. The number of imidazole rings is 1. The number of aryl methyl sites for hydroxylation is 2. The zero-order valence-electron chi connectivity index (χ0n) is 16.1. The highest BCUT2D eigenvalue weighted by atomic mass is 16.2. The number of carbonyl (C=O) groups excluding carboxylic acids is 2. The van der Waals surface area contributed by atoms with Gasteiger partial charge in [0.15, 0.2) is 0 Å². The molecule has 28 heavy (non-hydrogen) atoms. The first kappa shape index (κ1) is 19.6. The molecule has 3 rings (SSSR count). The molecular formula is C22H26N4O2. The number of benzene rings is 2. The SMILES string of the molecule is Cc1nc2ccccc2n1CCCNC(=O)CCNC(=O)Cc1ccccc1. The molecule has 0 saturated carbocycles. The molecule has 0 unspecified atom stereocenters. The van der Waals surface area contributed by atoms with Crippen LogP contribution in [0, 0.1) is 6.92 Å². The molecule has 146 valence electrons. The van der Waals surface area contributed by atoms with Gasteiger partial charge in [-0.25, -0.2) is 4.98 Å². The summed E-state index contributed by atoms with van der Waals surface area (Å²) >= 11 is 0. The summed E-state index contributed by atoms with van der Waals surface area (Å²) in [6.45, 7) is 3.75. The Kier molecular flexibility index (Phi) is 6.78. The highest BCUT2D eigenvalue weighted by Gasteiger charge is 2.07. The average Bonchev–Trinajstić information content (AvgIpc) is 3.01. The van der Waals surface area contributed by atoms with Gasteiger partial charge in [-0.3, -0.25) is 9.59 Å². The predicted molar refractivity (Wildman–Crippen MR) is 110 cm³/mol. The third kappa shape index (κ3) is 5.42. The lowest BCUT2D eigenvalue weighted by molar-refractivity contribution is -0.122. The molecular weight excluding hydrogens is 352 g/mol. The van der Waals surface area contributed by atoms with Crippen molar-refractivity contribution in [2.45, 2.75) is 32.7 Å². The number of aromatic nitrogens is 2. The highest BCUT2D eigenvalue weighted by Crippen LogP contribution is 2.15. The first-order valence-corrected chi connectivity index (χ1v) is 9.62. The van der Waals surface area contributed by atoms with E-state index in [1.807, 2.05) is 55.5 Å². The monoisotopic (exact) mass is 378 g/mol. The topological polar surface area (TPSA) is 76.0 Å². The highest BCUT2D eigenvalue weighted by molar-refractivity contribution is 5.80. The number of para-hydroxylation sites is 2. The molecule has 1 aromatic heterocycles. The largest absolute Gasteiger partial charge is 0.356 e. The lowest BCUT2D eigenvalue weighted by atomic mass is 10.1. The second kappa shape index (κ2) is 9.69. The van der Waals surface area contributed by atoms with Crippen LogP contribution in [0.15, 0.2) is 54.6 Å². The Balaban J connectivity index is 1.32. The molecule has 0 radical (unpaired) electrons. The Morgan fingerprint density at radius 2 is 1.64 bits per heavy atom. The smallest absolute Gasteiger partial charge is 0.224 e. The lowest BCUT2D eigenvalue weighted by Crippen LogP contribution is -2.32. The van der Waals surface area contributed by atoms with Gasteiger partial charge in [0, 0.05) is 26.1 Å². The molecule has 2 aromatic carbocycles. The number of carbonyl (C=O) groups is 2. The third-order valence-electron chi connectivity index (χ3n) is 4.61. The maximum Gasteiger partial charge on any atom is 0.224 e. The van der Waals surface area contributed by atoms with E-state index < -0.39 is 0 Å². The molecule has 0 aliphatic heterocycles. The zero-order valence-corrected chi connectivity index (χ0v) is 16.1. The number of nitrogens with one attached hydrogen (secondary N) is 2. The summed E-state index contributed by atoms with van der Waals surface area (Å²) in [6, 6.07) is 17.6. The van der Waals surface area contributed by atoms with E-state index in [0.29, 0.717) is 19.5 Å². The van der Waals surface area contributed by atoms with Gasteiger partial charge in [0.25, 0.3) is 0 Å². The second-order valence-electron chi connectivity index (χ2n) is 6.77. The van der Waals surface area contributed by atoms with Crippen LogP contribution in [0.25, 0.3) is 11.0 Å². The summed E-state index contributed by atoms with van der Waals surface area (Å²) in [5, 5.41) is 5.70. The first-order valence-electron chi connectivity index (χ1n) is 9.62. The van der Waals surface area contributed by atoms with E-state index in [9.17, 15) is 9.59 Å². The van der Waals surface area contributed by atoms with Crippen LogP contribution in [0.4, 0.5) is 0 Å². The van der Waals surface area contributed by atoms with E-state index in [1.54, 1.807) is 0 Å². The number of hydrogen-bond acceptors (Lipinski definition) is 3. The van der Waals surface area contributed by atoms with Crippen LogP contribution in [-0.2, 0) is 22.6 Å². The molecule has 0 saturated heterocycles. The van der Waals surface area contributed by atoms with Gasteiger partial charge in [0.2, 0.25) is 11.8 Å². The van der Waals surface area contributed by atoms with E-state index in [-0.39, 0.29) is 18.2 Å². The normalized spacial score (nSPS) is 10.8. The number of amides is 2. The van der Waals surface area contributed by atoms with Crippen LogP contribution in [0.2, 0.25) is 0 Å². The third-order valence-corrected chi connectivity index (χ3v) is 4.61. The molecule has 2 amide bonds. The van der Waals surface area contributed by atoms with Crippen LogP contribution in [0.3, 0.4) is 0 Å². The predicted octanol–water partition coefficient (Wildman–Crippen LogP) is 2.60. The molecule has 6 heteroatoms. The van der Waals surface area contributed by atoms with Crippen molar-refractivity contribution in [3.8, 4) is 0 Å². The molecule has 3 aromatic rings. The summed E-state index contributed by atoms with van der Waals surface area (Å²) in [6.07, 6.45) is 1.45. The fourth-order valence-corrected chi connectivity index (χ4v) is 3.19. The summed E-state index contributed by atoms with van der Waals surface area (Å²) in [5.74, 6) is 0.863. The fourth-order valence-electron chi connectivity index (χ4n) is 3.19. The van der Waals surface area contributed by atoms with Gasteiger partial charge in [-0.1, -0.05) is 42.5 Å². The van der Waals surface area contributed by atoms with Gasteiger partial charge in [0.1, 0.15) is 5.82 Å². The van der Waals surface area contributed by atoms with E-state index in [4.69, 9.17) is 0 Å². The lowest BCUT2D eigenvalue weighted by Gasteiger charge is -2.09. The molecule has 0 fully saturated rings. The Morgan fingerprint density at radius 1 is 0.929 bits per heavy atom. The Labute approximate surface area is 165 Å². The van der Waals surface area contributed by atoms with E-state index in [0.717, 1.165) is 35.4 Å². The number of nitrogens with zero attached hydrogens (tertiary/aromatic N) is 2. The van der Waals surface area contributed by atoms with Crippen molar-refractivity contribution in [1.29, 1.82) is 0 Å². The Hall–Kier alpha value is -3.15. The van der Waals surface area contributed by atoms with E-state index >= 15 is 0 Å². The van der Waals surface area contributed by atoms with Crippen LogP contribution in [-0.4, -0.2) is 34.5 Å². The summed E-state index contributed by atoms with van der Waals surface area (Å²) < 4.78 is 2.17. The van der Waals surface area contributed by atoms with Crippen molar-refractivity contribution in [2.24, 2.45) is 0 Å². The van der Waals surface area contributed by atoms with Gasteiger partial charge < -0.3 is 15.2 Å². The van der Waals surface area contributed by atoms with Crippen molar-refractivity contribution < 1.29 is 9.59 Å². The van der Waals surface area contributed by atoms with Gasteiger partial charge in [-0.05, 0) is 31.0 Å². The quantitative estimate of drug-likeness (QED) is 0.562. The summed E-state index contributed by atoms with van der Waals surface area (Å²) in [5.41, 5.74) is 3.08. The number of fused-ring (bicyclic) bond motifs is 1. The van der Waals surface area contributed by atoms with Gasteiger partial charge in [0.05, 0.1) is 17.5 Å². The van der Waals surface area contributed by atoms with Gasteiger partial charge >= 0.3 is 0 Å². The first-order chi connectivity index (χ1) is 13.6. The van der Waals surface area contributed by atoms with Crippen LogP contribution < -0.4 is 10.6 Å². The second-order valence-corrected chi connectivity index (χ2v) is 6.77. The van der Waals surface area contributed by atoms with Crippen LogP contribution in [0.5, 0.6) is 0 Å². The molecule has 0 aliphatic rings. The average molecular weight is 378 g/mol. The zero-order chi connectivity index (χ0) is 19.8. The maximum absolute atomic E-state index is 11.9. The van der Waals surface area contributed by atoms with Crippen molar-refractivity contribution in [3.05, 3.63) is 66.0 Å². The van der Waals surface area contributed by atoms with Crippen molar-refractivity contribution in [2.75, 3.05) is 13.1 Å². The number of rotatable bonds is 9. The van der Waals surface area contributed by atoms with Crippen LogP contribution in [0.1, 0.15) is 24.2 Å². The molecule has 0 bridgehead atoms. The summed E-state index contributed by atoms with van der Waals surface area (Å²) in [7, 11) is 0. The summed E-state index contributed by atoms with van der Waals surface area (Å²) in [4.78, 5) is 28.4. The molecule has 0 atom stereocenters. The molecule has 0 spiro atoms. The molecule has 2 N–H and O–H groups in total.